The van der Waals surface area contributed by atoms with Crippen molar-refractivity contribution >= 4 is 23.2 Å². The normalized spacial score (nSPS) is 15.2. The highest BCUT2D eigenvalue weighted by Crippen LogP contribution is 2.23. The first-order valence-corrected chi connectivity index (χ1v) is 5.46. The van der Waals surface area contributed by atoms with Gasteiger partial charge in [0.05, 0.1) is 0 Å². The molecule has 0 aliphatic carbocycles. The molecule has 0 saturated heterocycles. The molecule has 2 atom stereocenters. The highest BCUT2D eigenvalue weighted by molar-refractivity contribution is 6.35. The Morgan fingerprint density at radius 2 is 1.93 bits per heavy atom. The van der Waals surface area contributed by atoms with Gasteiger partial charge in [0.15, 0.2) is 0 Å². The van der Waals surface area contributed by atoms with E-state index in [1.54, 1.807) is 6.07 Å². The molecule has 3 heteroatoms. The van der Waals surface area contributed by atoms with Crippen molar-refractivity contribution in [2.45, 2.75) is 26.3 Å². The predicted molar refractivity (Wildman–Crippen MR) is 63.0 cm³/mol. The van der Waals surface area contributed by atoms with Gasteiger partial charge in [-0.3, -0.25) is 0 Å². The molecule has 0 heterocycles. The van der Waals surface area contributed by atoms with Crippen molar-refractivity contribution in [3.63, 3.8) is 0 Å². The van der Waals surface area contributed by atoms with Crippen molar-refractivity contribution in [2.75, 3.05) is 0 Å². The number of rotatable bonds is 3. The second-order valence-corrected chi connectivity index (χ2v) is 4.62. The summed E-state index contributed by atoms with van der Waals surface area (Å²) in [6.07, 6.45) is 0.896. The van der Waals surface area contributed by atoms with Crippen molar-refractivity contribution in [3.8, 4) is 0 Å². The molecule has 1 nitrogen and oxygen atoms in total. The fourth-order valence-electron chi connectivity index (χ4n) is 1.22. The molecule has 1 rings (SSSR count). The first-order valence-electron chi connectivity index (χ1n) is 4.70. The van der Waals surface area contributed by atoms with Gasteiger partial charge >= 0.3 is 0 Å². The highest BCUT2D eigenvalue weighted by Gasteiger charge is 2.10. The average Bonchev–Trinajstić information content (AvgIpc) is 2.09. The number of halogens is 2. The van der Waals surface area contributed by atoms with E-state index in [1.807, 2.05) is 19.1 Å². The predicted octanol–water partition coefficient (Wildman–Crippen LogP) is 3.52. The third-order valence-electron chi connectivity index (χ3n) is 2.45. The topological polar surface area (TPSA) is 26.0 Å². The zero-order valence-electron chi connectivity index (χ0n) is 8.43. The fraction of sp³-hybridized carbons (Fsp3) is 0.455. The van der Waals surface area contributed by atoms with Crippen LogP contribution >= 0.6 is 23.2 Å². The van der Waals surface area contributed by atoms with Gasteiger partial charge in [-0.1, -0.05) is 36.2 Å². The molecule has 14 heavy (non-hydrogen) atoms. The molecule has 2 N–H and O–H groups in total. The lowest BCUT2D eigenvalue weighted by Crippen LogP contribution is -2.25. The van der Waals surface area contributed by atoms with Crippen LogP contribution < -0.4 is 5.73 Å². The molecule has 0 saturated carbocycles. The average molecular weight is 232 g/mol. The molecule has 0 spiro atoms. The molecule has 0 aliphatic heterocycles. The van der Waals surface area contributed by atoms with E-state index < -0.39 is 0 Å². The van der Waals surface area contributed by atoms with Gasteiger partial charge in [0, 0.05) is 16.1 Å². The SMILES string of the molecule is CC(N)C(C)Cc1ccc(Cl)cc1Cl. The molecule has 0 amide bonds. The molecule has 0 radical (unpaired) electrons. The highest BCUT2D eigenvalue weighted by atomic mass is 35.5. The van der Waals surface area contributed by atoms with Gasteiger partial charge in [-0.2, -0.15) is 0 Å². The molecule has 0 bridgehead atoms. The number of nitrogens with two attached hydrogens (primary N) is 1. The molecular formula is C11H15Cl2N. The third kappa shape index (κ3) is 3.16. The summed E-state index contributed by atoms with van der Waals surface area (Å²) in [6.45, 7) is 4.13. The Kier molecular flexibility index (Phi) is 4.24. The van der Waals surface area contributed by atoms with Gasteiger partial charge in [-0.25, -0.2) is 0 Å². The van der Waals surface area contributed by atoms with E-state index in [0.29, 0.717) is 10.9 Å². The summed E-state index contributed by atoms with van der Waals surface area (Å²) in [5.41, 5.74) is 6.91. The van der Waals surface area contributed by atoms with Crippen molar-refractivity contribution in [1.82, 2.24) is 0 Å². The van der Waals surface area contributed by atoms with E-state index in [0.717, 1.165) is 17.0 Å². The molecule has 0 fully saturated rings. The third-order valence-corrected chi connectivity index (χ3v) is 3.04. The lowest BCUT2D eigenvalue weighted by atomic mass is 9.96. The zero-order valence-corrected chi connectivity index (χ0v) is 9.94. The van der Waals surface area contributed by atoms with Crippen LogP contribution in [-0.4, -0.2) is 6.04 Å². The van der Waals surface area contributed by atoms with Crippen LogP contribution in [0.3, 0.4) is 0 Å². The molecule has 78 valence electrons. The van der Waals surface area contributed by atoms with Crippen molar-refractivity contribution in [2.24, 2.45) is 11.7 Å². The van der Waals surface area contributed by atoms with Gasteiger partial charge in [-0.05, 0) is 37.0 Å². The van der Waals surface area contributed by atoms with Crippen LogP contribution in [0.4, 0.5) is 0 Å². The Balaban J connectivity index is 2.77. The number of hydrogen-bond donors (Lipinski definition) is 1. The number of hydrogen-bond acceptors (Lipinski definition) is 1. The minimum absolute atomic E-state index is 0.182. The van der Waals surface area contributed by atoms with Crippen LogP contribution in [0.1, 0.15) is 19.4 Å². The lowest BCUT2D eigenvalue weighted by Gasteiger charge is -2.16. The Morgan fingerprint density at radius 1 is 1.29 bits per heavy atom. The summed E-state index contributed by atoms with van der Waals surface area (Å²) in [5, 5.41) is 1.40. The van der Waals surface area contributed by atoms with E-state index in [4.69, 9.17) is 28.9 Å². The minimum atomic E-state index is 0.182. The summed E-state index contributed by atoms with van der Waals surface area (Å²) >= 11 is 11.9. The quantitative estimate of drug-likeness (QED) is 0.847. The van der Waals surface area contributed by atoms with E-state index in [1.165, 1.54) is 0 Å². The maximum Gasteiger partial charge on any atom is 0.0452 e. The van der Waals surface area contributed by atoms with Crippen molar-refractivity contribution in [1.29, 1.82) is 0 Å². The molecule has 1 aromatic rings. The fourth-order valence-corrected chi connectivity index (χ4v) is 1.71. The molecule has 0 aliphatic rings. The van der Waals surface area contributed by atoms with Crippen molar-refractivity contribution < 1.29 is 0 Å². The van der Waals surface area contributed by atoms with Gasteiger partial charge in [0.2, 0.25) is 0 Å². The lowest BCUT2D eigenvalue weighted by molar-refractivity contribution is 0.482. The summed E-state index contributed by atoms with van der Waals surface area (Å²) in [7, 11) is 0. The van der Waals surface area contributed by atoms with Crippen LogP contribution in [0.25, 0.3) is 0 Å². The standard InChI is InChI=1S/C11H15Cl2N/c1-7(8(2)14)5-9-3-4-10(12)6-11(9)13/h3-4,6-8H,5,14H2,1-2H3. The first kappa shape index (κ1) is 11.8. The minimum Gasteiger partial charge on any atom is -0.328 e. The Hall–Kier alpha value is -0.240. The molecule has 1 aromatic carbocycles. The second-order valence-electron chi connectivity index (χ2n) is 3.78. The van der Waals surface area contributed by atoms with Crippen LogP contribution in [0, 0.1) is 5.92 Å². The van der Waals surface area contributed by atoms with Gasteiger partial charge < -0.3 is 5.73 Å². The van der Waals surface area contributed by atoms with E-state index >= 15 is 0 Å². The Bertz CT molecular complexity index is 310. The summed E-state index contributed by atoms with van der Waals surface area (Å²) < 4.78 is 0. The van der Waals surface area contributed by atoms with Crippen LogP contribution in [0.15, 0.2) is 18.2 Å². The number of benzene rings is 1. The van der Waals surface area contributed by atoms with Crippen LogP contribution in [0.2, 0.25) is 10.0 Å². The van der Waals surface area contributed by atoms with E-state index in [2.05, 4.69) is 6.92 Å². The Labute approximate surface area is 95.2 Å². The van der Waals surface area contributed by atoms with Crippen LogP contribution in [0.5, 0.6) is 0 Å². The van der Waals surface area contributed by atoms with E-state index in [-0.39, 0.29) is 6.04 Å². The van der Waals surface area contributed by atoms with Crippen LogP contribution in [-0.2, 0) is 6.42 Å². The summed E-state index contributed by atoms with van der Waals surface area (Å²) in [5.74, 6) is 0.425. The summed E-state index contributed by atoms with van der Waals surface area (Å²) in [6, 6.07) is 5.77. The van der Waals surface area contributed by atoms with Crippen molar-refractivity contribution in [3.05, 3.63) is 33.8 Å². The van der Waals surface area contributed by atoms with Gasteiger partial charge in [0.1, 0.15) is 0 Å². The monoisotopic (exact) mass is 231 g/mol. The van der Waals surface area contributed by atoms with Gasteiger partial charge in [-0.15, -0.1) is 0 Å². The second kappa shape index (κ2) is 5.01. The maximum absolute atomic E-state index is 6.05. The molecule has 2 unspecified atom stereocenters. The zero-order chi connectivity index (χ0) is 10.7. The maximum atomic E-state index is 6.05. The van der Waals surface area contributed by atoms with Gasteiger partial charge in [0.25, 0.3) is 0 Å². The van der Waals surface area contributed by atoms with E-state index in [9.17, 15) is 0 Å². The molecular weight excluding hydrogens is 217 g/mol. The first-order chi connectivity index (χ1) is 6.50. The largest absolute Gasteiger partial charge is 0.328 e. The Morgan fingerprint density at radius 3 is 2.43 bits per heavy atom. The molecule has 0 aromatic heterocycles. The summed E-state index contributed by atoms with van der Waals surface area (Å²) in [4.78, 5) is 0. The smallest absolute Gasteiger partial charge is 0.0452 e.